The van der Waals surface area contributed by atoms with E-state index in [-0.39, 0.29) is 12.6 Å². The molecule has 1 unspecified atom stereocenters. The van der Waals surface area contributed by atoms with E-state index in [2.05, 4.69) is 12.2 Å². The molecule has 9 heavy (non-hydrogen) atoms. The van der Waals surface area contributed by atoms with Gasteiger partial charge in [0, 0.05) is 18.6 Å². The van der Waals surface area contributed by atoms with Crippen molar-refractivity contribution in [3.8, 4) is 0 Å². The van der Waals surface area contributed by atoms with Crippen LogP contribution in [0.5, 0.6) is 0 Å². The zero-order valence-corrected chi connectivity index (χ0v) is 5.46. The predicted octanol–water partition coefficient (Wildman–Crippen LogP) is 0.272. The minimum absolute atomic E-state index is 0.181. The molecule has 0 saturated heterocycles. The molecule has 0 heterocycles. The Kier molecular flexibility index (Phi) is 2.25. The Morgan fingerprint density at radius 1 is 1.44 bits per heavy atom. The maximum atomic E-state index is 8.75. The molecule has 0 saturated carbocycles. The van der Waals surface area contributed by atoms with E-state index in [9.17, 15) is 0 Å². The molecule has 0 aromatic rings. The van der Waals surface area contributed by atoms with Gasteiger partial charge in [-0.1, -0.05) is 12.2 Å². The standard InChI is InChI=1S/C7H13NO/c8-7-4-2-1-3-6(7)5-9/h1-2,6-7,9H,3-5,8H2/t6-,7?/m1/s1. The maximum absolute atomic E-state index is 8.75. The number of rotatable bonds is 1. The molecule has 3 N–H and O–H groups in total. The van der Waals surface area contributed by atoms with Crippen LogP contribution in [0, 0.1) is 5.92 Å². The highest BCUT2D eigenvalue weighted by Crippen LogP contribution is 2.15. The zero-order valence-electron chi connectivity index (χ0n) is 5.46. The van der Waals surface area contributed by atoms with Crippen LogP contribution in [0.2, 0.25) is 0 Å². The lowest BCUT2D eigenvalue weighted by molar-refractivity contribution is 0.202. The van der Waals surface area contributed by atoms with Crippen LogP contribution in [-0.2, 0) is 0 Å². The minimum Gasteiger partial charge on any atom is -0.396 e. The maximum Gasteiger partial charge on any atom is 0.0477 e. The molecule has 0 aromatic heterocycles. The molecule has 2 heteroatoms. The molecule has 1 aliphatic rings. The summed E-state index contributed by atoms with van der Waals surface area (Å²) in [5.41, 5.74) is 5.68. The van der Waals surface area contributed by atoms with Crippen molar-refractivity contribution in [1.29, 1.82) is 0 Å². The van der Waals surface area contributed by atoms with Gasteiger partial charge >= 0.3 is 0 Å². The van der Waals surface area contributed by atoms with E-state index in [1.807, 2.05) is 0 Å². The van der Waals surface area contributed by atoms with Gasteiger partial charge in [0.25, 0.3) is 0 Å². The molecule has 0 amide bonds. The molecule has 1 rings (SSSR count). The van der Waals surface area contributed by atoms with Gasteiger partial charge in [0.1, 0.15) is 0 Å². The number of aliphatic hydroxyl groups is 1. The van der Waals surface area contributed by atoms with Crippen LogP contribution >= 0.6 is 0 Å². The van der Waals surface area contributed by atoms with Gasteiger partial charge in [0.05, 0.1) is 0 Å². The van der Waals surface area contributed by atoms with E-state index in [1.54, 1.807) is 0 Å². The summed E-state index contributed by atoms with van der Waals surface area (Å²) in [4.78, 5) is 0. The highest BCUT2D eigenvalue weighted by atomic mass is 16.3. The van der Waals surface area contributed by atoms with Crippen LogP contribution in [0.25, 0.3) is 0 Å². The summed E-state index contributed by atoms with van der Waals surface area (Å²) >= 11 is 0. The Bertz CT molecular complexity index is 111. The third-order valence-corrected chi connectivity index (χ3v) is 1.85. The Balaban J connectivity index is 2.43. The summed E-state index contributed by atoms with van der Waals surface area (Å²) < 4.78 is 0. The molecule has 52 valence electrons. The van der Waals surface area contributed by atoms with E-state index >= 15 is 0 Å². The van der Waals surface area contributed by atoms with E-state index in [1.165, 1.54) is 0 Å². The molecule has 0 bridgehead atoms. The first-order chi connectivity index (χ1) is 4.34. The van der Waals surface area contributed by atoms with Crippen molar-refractivity contribution in [2.75, 3.05) is 6.61 Å². The second-order valence-electron chi connectivity index (χ2n) is 2.55. The molecule has 0 fully saturated rings. The molecule has 2 atom stereocenters. The number of hydrogen-bond donors (Lipinski definition) is 2. The summed E-state index contributed by atoms with van der Waals surface area (Å²) in [6, 6.07) is 0.181. The van der Waals surface area contributed by atoms with Gasteiger partial charge in [0.2, 0.25) is 0 Å². The van der Waals surface area contributed by atoms with Crippen molar-refractivity contribution in [3.63, 3.8) is 0 Å². The first kappa shape index (κ1) is 6.78. The Morgan fingerprint density at radius 2 is 2.11 bits per heavy atom. The second kappa shape index (κ2) is 2.99. The lowest BCUT2D eigenvalue weighted by Crippen LogP contribution is -2.33. The Morgan fingerprint density at radius 3 is 2.56 bits per heavy atom. The molecule has 2 nitrogen and oxygen atoms in total. The van der Waals surface area contributed by atoms with Crippen molar-refractivity contribution < 1.29 is 5.11 Å². The molecule has 0 aliphatic heterocycles. The van der Waals surface area contributed by atoms with Gasteiger partial charge in [-0.3, -0.25) is 0 Å². The minimum atomic E-state index is 0.181. The molecular weight excluding hydrogens is 114 g/mol. The first-order valence-electron chi connectivity index (χ1n) is 3.36. The van der Waals surface area contributed by atoms with Crippen LogP contribution in [0.3, 0.4) is 0 Å². The lowest BCUT2D eigenvalue weighted by Gasteiger charge is -2.22. The summed E-state index contributed by atoms with van der Waals surface area (Å²) in [5.74, 6) is 0.301. The van der Waals surface area contributed by atoms with E-state index < -0.39 is 0 Å². The van der Waals surface area contributed by atoms with Gasteiger partial charge in [-0.25, -0.2) is 0 Å². The fourth-order valence-corrected chi connectivity index (χ4v) is 1.10. The molecule has 1 aliphatic carbocycles. The van der Waals surface area contributed by atoms with Gasteiger partial charge in [0.15, 0.2) is 0 Å². The lowest BCUT2D eigenvalue weighted by atomic mass is 9.91. The third-order valence-electron chi connectivity index (χ3n) is 1.85. The summed E-state index contributed by atoms with van der Waals surface area (Å²) in [5, 5.41) is 8.75. The second-order valence-corrected chi connectivity index (χ2v) is 2.55. The van der Waals surface area contributed by atoms with E-state index in [4.69, 9.17) is 10.8 Å². The molecular formula is C7H13NO. The smallest absolute Gasteiger partial charge is 0.0477 e. The number of aliphatic hydroxyl groups excluding tert-OH is 1. The van der Waals surface area contributed by atoms with Crippen molar-refractivity contribution in [3.05, 3.63) is 12.2 Å². The average Bonchev–Trinajstić information content (AvgIpc) is 1.89. The van der Waals surface area contributed by atoms with Crippen LogP contribution in [0.4, 0.5) is 0 Å². The summed E-state index contributed by atoms with van der Waals surface area (Å²) in [6.45, 7) is 0.228. The van der Waals surface area contributed by atoms with Crippen LogP contribution in [0.1, 0.15) is 12.8 Å². The van der Waals surface area contributed by atoms with Gasteiger partial charge in [-0.2, -0.15) is 0 Å². The predicted molar refractivity (Wildman–Crippen MR) is 36.9 cm³/mol. The van der Waals surface area contributed by atoms with Crippen LogP contribution in [-0.4, -0.2) is 17.8 Å². The molecule has 0 radical (unpaired) electrons. The SMILES string of the molecule is NC1CC=CC[C@@H]1CO. The highest BCUT2D eigenvalue weighted by Gasteiger charge is 2.16. The first-order valence-corrected chi connectivity index (χ1v) is 3.36. The van der Waals surface area contributed by atoms with Crippen LogP contribution < -0.4 is 5.73 Å². The summed E-state index contributed by atoms with van der Waals surface area (Å²) in [7, 11) is 0. The largest absolute Gasteiger partial charge is 0.396 e. The van der Waals surface area contributed by atoms with E-state index in [0.29, 0.717) is 5.92 Å². The van der Waals surface area contributed by atoms with Crippen molar-refractivity contribution in [2.24, 2.45) is 11.7 Å². The van der Waals surface area contributed by atoms with E-state index in [0.717, 1.165) is 12.8 Å². The highest BCUT2D eigenvalue weighted by molar-refractivity contribution is 4.96. The number of hydrogen-bond acceptors (Lipinski definition) is 2. The Labute approximate surface area is 55.4 Å². The molecule has 0 spiro atoms. The van der Waals surface area contributed by atoms with Crippen molar-refractivity contribution >= 4 is 0 Å². The van der Waals surface area contributed by atoms with Gasteiger partial charge in [-0.15, -0.1) is 0 Å². The van der Waals surface area contributed by atoms with Gasteiger partial charge in [-0.05, 0) is 12.8 Å². The quantitative estimate of drug-likeness (QED) is 0.497. The average molecular weight is 127 g/mol. The van der Waals surface area contributed by atoms with Crippen molar-refractivity contribution in [1.82, 2.24) is 0 Å². The summed E-state index contributed by atoms with van der Waals surface area (Å²) in [6.07, 6.45) is 6.03. The third kappa shape index (κ3) is 1.53. The normalized spacial score (nSPS) is 34.9. The van der Waals surface area contributed by atoms with Crippen molar-refractivity contribution in [2.45, 2.75) is 18.9 Å². The number of allylic oxidation sites excluding steroid dienone is 1. The fourth-order valence-electron chi connectivity index (χ4n) is 1.10. The number of nitrogens with two attached hydrogens (primary N) is 1. The van der Waals surface area contributed by atoms with Gasteiger partial charge < -0.3 is 10.8 Å². The Hall–Kier alpha value is -0.340. The van der Waals surface area contributed by atoms with Crippen LogP contribution in [0.15, 0.2) is 12.2 Å². The zero-order chi connectivity index (χ0) is 6.69. The topological polar surface area (TPSA) is 46.2 Å². The fraction of sp³-hybridized carbons (Fsp3) is 0.714. The molecule has 0 aromatic carbocycles. The monoisotopic (exact) mass is 127 g/mol.